The zero-order valence-electron chi connectivity index (χ0n) is 9.79. The highest BCUT2D eigenvalue weighted by Gasteiger charge is 2.49. The summed E-state index contributed by atoms with van der Waals surface area (Å²) in [6, 6.07) is 0. The molecule has 0 aromatic heterocycles. The second-order valence-corrected chi connectivity index (χ2v) is 4.29. The van der Waals surface area contributed by atoms with E-state index in [2.05, 4.69) is 37.8 Å². The van der Waals surface area contributed by atoms with Crippen molar-refractivity contribution in [1.29, 1.82) is 0 Å². The normalized spacial score (nSPS) is 21.8. The first kappa shape index (κ1) is 11.7. The van der Waals surface area contributed by atoms with Gasteiger partial charge in [0.1, 0.15) is 0 Å². The van der Waals surface area contributed by atoms with Crippen molar-refractivity contribution in [2.75, 3.05) is 19.6 Å². The van der Waals surface area contributed by atoms with Gasteiger partial charge in [0.2, 0.25) is 0 Å². The van der Waals surface area contributed by atoms with Gasteiger partial charge in [-0.1, -0.05) is 26.0 Å². The van der Waals surface area contributed by atoms with Crippen LogP contribution in [0.4, 0.5) is 0 Å². The summed E-state index contributed by atoms with van der Waals surface area (Å²) >= 11 is 0. The highest BCUT2D eigenvalue weighted by atomic mass is 15.2. The number of nitrogens with zero attached hydrogens (tertiary/aromatic N) is 1. The maximum absolute atomic E-state index is 5.64. The van der Waals surface area contributed by atoms with Gasteiger partial charge in [0.05, 0.1) is 0 Å². The lowest BCUT2D eigenvalue weighted by molar-refractivity contribution is 0.157. The molecule has 0 heterocycles. The summed E-state index contributed by atoms with van der Waals surface area (Å²) in [5, 5.41) is 0. The van der Waals surface area contributed by atoms with Gasteiger partial charge in [-0.25, -0.2) is 0 Å². The fourth-order valence-corrected chi connectivity index (χ4v) is 2.51. The second kappa shape index (κ2) is 4.94. The van der Waals surface area contributed by atoms with Crippen LogP contribution in [0.25, 0.3) is 0 Å². The maximum Gasteiger partial charge on any atom is 0.0271 e. The molecule has 1 saturated carbocycles. The lowest BCUT2D eigenvalue weighted by Gasteiger charge is -2.34. The molecular formula is C12H24N2. The van der Waals surface area contributed by atoms with Crippen LogP contribution in [-0.4, -0.2) is 30.1 Å². The smallest absolute Gasteiger partial charge is 0.0271 e. The van der Waals surface area contributed by atoms with Gasteiger partial charge < -0.3 is 5.73 Å². The van der Waals surface area contributed by atoms with Gasteiger partial charge in [-0.3, -0.25) is 4.90 Å². The zero-order chi connectivity index (χ0) is 10.6. The molecule has 82 valence electrons. The van der Waals surface area contributed by atoms with E-state index in [1.807, 2.05) is 0 Å². The Morgan fingerprint density at radius 3 is 2.50 bits per heavy atom. The van der Waals surface area contributed by atoms with E-state index in [9.17, 15) is 0 Å². The molecule has 1 aliphatic rings. The Bertz CT molecular complexity index is 194. The molecule has 0 radical (unpaired) electrons. The van der Waals surface area contributed by atoms with Crippen LogP contribution in [0.1, 0.15) is 33.6 Å². The first-order chi connectivity index (χ1) is 6.71. The SMILES string of the molecule is C/C=C/C(C)C1(N(CC)CCN)CC1. The molecule has 1 rings (SSSR count). The van der Waals surface area contributed by atoms with Crippen molar-refractivity contribution in [2.45, 2.75) is 39.2 Å². The summed E-state index contributed by atoms with van der Waals surface area (Å²) in [6.07, 6.45) is 7.17. The molecule has 1 fully saturated rings. The largest absolute Gasteiger partial charge is 0.329 e. The lowest BCUT2D eigenvalue weighted by Crippen LogP contribution is -2.44. The highest BCUT2D eigenvalue weighted by molar-refractivity contribution is 5.12. The fraction of sp³-hybridized carbons (Fsp3) is 0.833. The molecule has 14 heavy (non-hydrogen) atoms. The maximum atomic E-state index is 5.64. The van der Waals surface area contributed by atoms with Crippen LogP contribution >= 0.6 is 0 Å². The predicted molar refractivity (Wildman–Crippen MR) is 62.2 cm³/mol. The molecule has 0 aliphatic heterocycles. The molecule has 2 nitrogen and oxygen atoms in total. The summed E-state index contributed by atoms with van der Waals surface area (Å²) in [7, 11) is 0. The number of likely N-dealkylation sites (N-methyl/N-ethyl adjacent to an activating group) is 1. The van der Waals surface area contributed by atoms with E-state index in [-0.39, 0.29) is 0 Å². The molecule has 1 atom stereocenters. The van der Waals surface area contributed by atoms with E-state index in [1.54, 1.807) is 0 Å². The molecule has 2 heteroatoms. The Labute approximate surface area is 88.2 Å². The van der Waals surface area contributed by atoms with Crippen molar-refractivity contribution in [2.24, 2.45) is 11.7 Å². The quantitative estimate of drug-likeness (QED) is 0.658. The summed E-state index contributed by atoms with van der Waals surface area (Å²) in [5.74, 6) is 0.666. The monoisotopic (exact) mass is 196 g/mol. The van der Waals surface area contributed by atoms with Crippen molar-refractivity contribution in [1.82, 2.24) is 4.90 Å². The molecule has 0 spiro atoms. The number of hydrogen-bond acceptors (Lipinski definition) is 2. The van der Waals surface area contributed by atoms with Crippen LogP contribution in [0.3, 0.4) is 0 Å². The molecule has 2 N–H and O–H groups in total. The Morgan fingerprint density at radius 1 is 1.50 bits per heavy atom. The summed E-state index contributed by atoms with van der Waals surface area (Å²) in [4.78, 5) is 2.55. The van der Waals surface area contributed by atoms with Gasteiger partial charge in [0, 0.05) is 18.6 Å². The van der Waals surface area contributed by atoms with Crippen LogP contribution in [0, 0.1) is 5.92 Å². The standard InChI is InChI=1S/C12H24N2/c1-4-6-11(3)12(7-8-12)14(5-2)10-9-13/h4,6,11H,5,7-10,13H2,1-3H3/b6-4+. The Morgan fingerprint density at radius 2 is 2.14 bits per heavy atom. The first-order valence-electron chi connectivity index (χ1n) is 5.79. The van der Waals surface area contributed by atoms with Gasteiger partial charge in [0.15, 0.2) is 0 Å². The molecule has 0 aromatic rings. The van der Waals surface area contributed by atoms with Crippen molar-refractivity contribution < 1.29 is 0 Å². The minimum Gasteiger partial charge on any atom is -0.329 e. The summed E-state index contributed by atoms with van der Waals surface area (Å²) in [6.45, 7) is 9.60. The number of allylic oxidation sites excluding steroid dienone is 1. The Kier molecular flexibility index (Phi) is 4.14. The minimum atomic E-state index is 0.445. The summed E-state index contributed by atoms with van der Waals surface area (Å²) in [5.41, 5.74) is 6.09. The van der Waals surface area contributed by atoms with E-state index in [4.69, 9.17) is 5.73 Å². The van der Waals surface area contributed by atoms with Crippen molar-refractivity contribution in [3.63, 3.8) is 0 Å². The Hall–Kier alpha value is -0.340. The van der Waals surface area contributed by atoms with Crippen molar-refractivity contribution in [3.8, 4) is 0 Å². The molecule has 0 saturated heterocycles. The highest BCUT2D eigenvalue weighted by Crippen LogP contribution is 2.48. The van der Waals surface area contributed by atoms with Crippen LogP contribution < -0.4 is 5.73 Å². The molecule has 0 amide bonds. The van der Waals surface area contributed by atoms with Crippen LogP contribution in [-0.2, 0) is 0 Å². The van der Waals surface area contributed by atoms with Gasteiger partial charge >= 0.3 is 0 Å². The van der Waals surface area contributed by atoms with Crippen molar-refractivity contribution >= 4 is 0 Å². The van der Waals surface area contributed by atoms with Gasteiger partial charge in [0.25, 0.3) is 0 Å². The van der Waals surface area contributed by atoms with Gasteiger partial charge in [-0.2, -0.15) is 0 Å². The lowest BCUT2D eigenvalue weighted by atomic mass is 9.97. The third-order valence-corrected chi connectivity index (χ3v) is 3.50. The van der Waals surface area contributed by atoms with Gasteiger partial charge in [-0.05, 0) is 32.2 Å². The number of hydrogen-bond donors (Lipinski definition) is 1. The molecule has 1 aliphatic carbocycles. The van der Waals surface area contributed by atoms with Crippen molar-refractivity contribution in [3.05, 3.63) is 12.2 Å². The van der Waals surface area contributed by atoms with E-state index >= 15 is 0 Å². The Balaban J connectivity index is 2.62. The predicted octanol–water partition coefficient (Wildman–Crippen LogP) is 2.01. The van der Waals surface area contributed by atoms with E-state index in [0.717, 1.165) is 19.6 Å². The third kappa shape index (κ3) is 2.18. The zero-order valence-corrected chi connectivity index (χ0v) is 9.79. The molecular weight excluding hydrogens is 172 g/mol. The summed E-state index contributed by atoms with van der Waals surface area (Å²) < 4.78 is 0. The number of nitrogens with two attached hydrogens (primary N) is 1. The second-order valence-electron chi connectivity index (χ2n) is 4.29. The van der Waals surface area contributed by atoms with E-state index in [0.29, 0.717) is 11.5 Å². The van der Waals surface area contributed by atoms with E-state index in [1.165, 1.54) is 12.8 Å². The molecule has 0 bridgehead atoms. The number of rotatable bonds is 6. The van der Waals surface area contributed by atoms with Crippen LogP contribution in [0.2, 0.25) is 0 Å². The van der Waals surface area contributed by atoms with Crippen LogP contribution in [0.5, 0.6) is 0 Å². The fourth-order valence-electron chi connectivity index (χ4n) is 2.51. The molecule has 0 aromatic carbocycles. The average molecular weight is 196 g/mol. The van der Waals surface area contributed by atoms with E-state index < -0.39 is 0 Å². The minimum absolute atomic E-state index is 0.445. The average Bonchev–Trinajstić information content (AvgIpc) is 2.95. The van der Waals surface area contributed by atoms with Crippen LogP contribution in [0.15, 0.2) is 12.2 Å². The topological polar surface area (TPSA) is 29.3 Å². The third-order valence-electron chi connectivity index (χ3n) is 3.50. The van der Waals surface area contributed by atoms with Gasteiger partial charge in [-0.15, -0.1) is 0 Å². The first-order valence-corrected chi connectivity index (χ1v) is 5.79. The molecule has 1 unspecified atom stereocenters.